The van der Waals surface area contributed by atoms with Crippen LogP contribution in [0.1, 0.15) is 52.1 Å². The minimum absolute atomic E-state index is 0.306. The van der Waals surface area contributed by atoms with Gasteiger partial charge in [0.05, 0.1) is 11.2 Å². The van der Waals surface area contributed by atoms with E-state index in [4.69, 9.17) is 9.31 Å². The molecular formula is C20H24BNO2. The van der Waals surface area contributed by atoms with E-state index in [0.717, 1.165) is 11.0 Å². The molecule has 0 atom stereocenters. The number of benzene rings is 1. The van der Waals surface area contributed by atoms with Gasteiger partial charge in [-0.2, -0.15) is 0 Å². The fourth-order valence-electron chi connectivity index (χ4n) is 3.01. The maximum atomic E-state index is 6.11. The number of pyridine rings is 1. The predicted octanol–water partition coefficient (Wildman–Crippen LogP) is 3.93. The van der Waals surface area contributed by atoms with Crippen molar-refractivity contribution in [2.24, 2.45) is 0 Å². The number of aromatic nitrogens is 1. The van der Waals surface area contributed by atoms with Crippen molar-refractivity contribution in [3.8, 4) is 11.1 Å². The van der Waals surface area contributed by atoms with Gasteiger partial charge in [-0.15, -0.1) is 0 Å². The molecule has 0 radical (unpaired) electrons. The third-order valence-corrected chi connectivity index (χ3v) is 5.55. The molecule has 0 unspecified atom stereocenters. The highest BCUT2D eigenvalue weighted by Gasteiger charge is 2.51. The summed E-state index contributed by atoms with van der Waals surface area (Å²) in [7, 11) is -0.306. The van der Waals surface area contributed by atoms with Crippen molar-refractivity contribution in [2.45, 2.75) is 57.7 Å². The summed E-state index contributed by atoms with van der Waals surface area (Å²) in [5.41, 5.74) is 4.00. The number of hydrogen-bond acceptors (Lipinski definition) is 3. The smallest absolute Gasteiger partial charge is 0.399 e. The van der Waals surface area contributed by atoms with Gasteiger partial charge >= 0.3 is 7.12 Å². The first kappa shape index (κ1) is 15.9. The van der Waals surface area contributed by atoms with Crippen molar-refractivity contribution in [3.63, 3.8) is 0 Å². The topological polar surface area (TPSA) is 31.4 Å². The minimum Gasteiger partial charge on any atom is -0.399 e. The van der Waals surface area contributed by atoms with Crippen LogP contribution in [0.15, 0.2) is 42.6 Å². The van der Waals surface area contributed by atoms with Gasteiger partial charge in [0.2, 0.25) is 0 Å². The third-order valence-electron chi connectivity index (χ3n) is 5.55. The van der Waals surface area contributed by atoms with Gasteiger partial charge in [-0.05, 0) is 57.6 Å². The fourth-order valence-corrected chi connectivity index (χ4v) is 3.01. The van der Waals surface area contributed by atoms with Crippen molar-refractivity contribution in [3.05, 3.63) is 48.3 Å². The lowest BCUT2D eigenvalue weighted by Crippen LogP contribution is -2.41. The third kappa shape index (κ3) is 2.78. The molecule has 1 saturated carbocycles. The molecule has 1 saturated heterocycles. The standard InChI is InChI=1S/C20H24BNO2/c1-19(2)20(3,4)24-21(23-19)17-10-7-14(8-11-17)16-9-12-18(22-13-16)15-5-6-15/h7-13,15H,5-6H2,1-4H3. The van der Waals surface area contributed by atoms with Gasteiger partial charge in [0.25, 0.3) is 0 Å². The van der Waals surface area contributed by atoms with Gasteiger partial charge in [0, 0.05) is 23.4 Å². The van der Waals surface area contributed by atoms with E-state index in [1.807, 2.05) is 6.20 Å². The van der Waals surface area contributed by atoms with E-state index < -0.39 is 0 Å². The van der Waals surface area contributed by atoms with Crippen LogP contribution in [0.25, 0.3) is 11.1 Å². The Morgan fingerprint density at radius 2 is 1.46 bits per heavy atom. The molecule has 0 spiro atoms. The normalized spacial score (nSPS) is 21.9. The predicted molar refractivity (Wildman–Crippen MR) is 97.4 cm³/mol. The second-order valence-corrected chi connectivity index (χ2v) is 7.96. The first-order chi connectivity index (χ1) is 11.4. The zero-order valence-electron chi connectivity index (χ0n) is 14.9. The van der Waals surface area contributed by atoms with Crippen LogP contribution in [0.2, 0.25) is 0 Å². The highest BCUT2D eigenvalue weighted by Crippen LogP contribution is 2.39. The van der Waals surface area contributed by atoms with Crippen LogP contribution in [-0.4, -0.2) is 23.3 Å². The molecule has 1 aromatic heterocycles. The summed E-state index contributed by atoms with van der Waals surface area (Å²) in [6.07, 6.45) is 4.56. The number of hydrogen-bond donors (Lipinski definition) is 0. The van der Waals surface area contributed by atoms with Crippen LogP contribution < -0.4 is 5.46 Å². The van der Waals surface area contributed by atoms with Crippen LogP contribution in [-0.2, 0) is 9.31 Å². The molecule has 1 aliphatic carbocycles. The van der Waals surface area contributed by atoms with Crippen molar-refractivity contribution in [1.29, 1.82) is 0 Å². The van der Waals surface area contributed by atoms with Crippen LogP contribution in [0.4, 0.5) is 0 Å². The van der Waals surface area contributed by atoms with Crippen molar-refractivity contribution >= 4 is 12.6 Å². The summed E-state index contributed by atoms with van der Waals surface area (Å²) in [5.74, 6) is 0.699. The van der Waals surface area contributed by atoms with E-state index in [-0.39, 0.29) is 18.3 Å². The summed E-state index contributed by atoms with van der Waals surface area (Å²) >= 11 is 0. The molecule has 2 heterocycles. The summed E-state index contributed by atoms with van der Waals surface area (Å²) < 4.78 is 12.2. The molecule has 4 heteroatoms. The average Bonchev–Trinajstić information content (AvgIpc) is 3.36. The largest absolute Gasteiger partial charge is 0.494 e. The highest BCUT2D eigenvalue weighted by atomic mass is 16.7. The molecule has 0 amide bonds. The lowest BCUT2D eigenvalue weighted by Gasteiger charge is -2.32. The Kier molecular flexibility index (Phi) is 3.59. The zero-order chi connectivity index (χ0) is 16.9. The van der Waals surface area contributed by atoms with E-state index in [2.05, 4.69) is 69.1 Å². The number of nitrogens with zero attached hydrogens (tertiary/aromatic N) is 1. The summed E-state index contributed by atoms with van der Waals surface area (Å²) in [4.78, 5) is 4.61. The zero-order valence-corrected chi connectivity index (χ0v) is 14.9. The summed E-state index contributed by atoms with van der Waals surface area (Å²) in [6, 6.07) is 12.8. The lowest BCUT2D eigenvalue weighted by molar-refractivity contribution is 0.00578. The Morgan fingerprint density at radius 1 is 0.875 bits per heavy atom. The molecule has 1 aliphatic heterocycles. The van der Waals surface area contributed by atoms with Crippen LogP contribution in [0.5, 0.6) is 0 Å². The average molecular weight is 321 g/mol. The summed E-state index contributed by atoms with van der Waals surface area (Å²) in [6.45, 7) is 8.31. The molecule has 124 valence electrons. The fraction of sp³-hybridized carbons (Fsp3) is 0.450. The Labute approximate surface area is 144 Å². The van der Waals surface area contributed by atoms with E-state index in [9.17, 15) is 0 Å². The van der Waals surface area contributed by atoms with Gasteiger partial charge in [0.15, 0.2) is 0 Å². The van der Waals surface area contributed by atoms with E-state index in [1.54, 1.807) is 0 Å². The van der Waals surface area contributed by atoms with Crippen LogP contribution in [0, 0.1) is 0 Å². The van der Waals surface area contributed by atoms with Crippen molar-refractivity contribution in [1.82, 2.24) is 4.98 Å². The van der Waals surface area contributed by atoms with Crippen LogP contribution >= 0.6 is 0 Å². The minimum atomic E-state index is -0.307. The Balaban J connectivity index is 1.52. The van der Waals surface area contributed by atoms with Gasteiger partial charge < -0.3 is 9.31 Å². The molecule has 2 fully saturated rings. The Morgan fingerprint density at radius 3 is 1.96 bits per heavy atom. The Bertz CT molecular complexity index is 717. The Hall–Kier alpha value is -1.65. The van der Waals surface area contributed by atoms with Crippen molar-refractivity contribution < 1.29 is 9.31 Å². The van der Waals surface area contributed by atoms with E-state index >= 15 is 0 Å². The molecule has 2 aromatic rings. The monoisotopic (exact) mass is 321 g/mol. The van der Waals surface area contributed by atoms with E-state index in [1.165, 1.54) is 24.1 Å². The summed E-state index contributed by atoms with van der Waals surface area (Å²) in [5, 5.41) is 0. The van der Waals surface area contributed by atoms with Gasteiger partial charge in [-0.1, -0.05) is 30.3 Å². The van der Waals surface area contributed by atoms with Crippen molar-refractivity contribution in [2.75, 3.05) is 0 Å². The molecule has 24 heavy (non-hydrogen) atoms. The highest BCUT2D eigenvalue weighted by molar-refractivity contribution is 6.62. The molecule has 2 aliphatic rings. The first-order valence-electron chi connectivity index (χ1n) is 8.78. The van der Waals surface area contributed by atoms with E-state index in [0.29, 0.717) is 5.92 Å². The van der Waals surface area contributed by atoms with Crippen LogP contribution in [0.3, 0.4) is 0 Å². The molecular weight excluding hydrogens is 297 g/mol. The lowest BCUT2D eigenvalue weighted by atomic mass is 9.78. The molecule has 4 rings (SSSR count). The van der Waals surface area contributed by atoms with Gasteiger partial charge in [-0.3, -0.25) is 4.98 Å². The maximum absolute atomic E-state index is 6.11. The molecule has 1 aromatic carbocycles. The number of rotatable bonds is 3. The quantitative estimate of drug-likeness (QED) is 0.803. The molecule has 0 N–H and O–H groups in total. The SMILES string of the molecule is CC1(C)OB(c2ccc(-c3ccc(C4CC4)nc3)cc2)OC1(C)C. The molecule has 0 bridgehead atoms. The molecule has 3 nitrogen and oxygen atoms in total. The first-order valence-corrected chi connectivity index (χ1v) is 8.78. The van der Waals surface area contributed by atoms with Gasteiger partial charge in [-0.25, -0.2) is 0 Å². The maximum Gasteiger partial charge on any atom is 0.494 e. The second-order valence-electron chi connectivity index (χ2n) is 7.96. The second kappa shape index (κ2) is 5.43. The van der Waals surface area contributed by atoms with Gasteiger partial charge in [0.1, 0.15) is 0 Å².